The van der Waals surface area contributed by atoms with Crippen molar-refractivity contribution in [1.29, 1.82) is 0 Å². The molecular weight excluding hydrogens is 428 g/mol. The Kier molecular flexibility index (Phi) is 6.15. The van der Waals surface area contributed by atoms with Crippen molar-refractivity contribution >= 4 is 28.9 Å². The van der Waals surface area contributed by atoms with Gasteiger partial charge in [0.05, 0.1) is 10.9 Å². The Balaban J connectivity index is 1.60. The van der Waals surface area contributed by atoms with E-state index < -0.39 is 11.7 Å². The molecule has 174 valence electrons. The van der Waals surface area contributed by atoms with Gasteiger partial charge < -0.3 is 10.1 Å². The van der Waals surface area contributed by atoms with E-state index in [0.29, 0.717) is 23.4 Å². The number of amides is 1. The molecule has 1 aromatic carbocycles. The third-order valence-electron chi connectivity index (χ3n) is 5.75. The van der Waals surface area contributed by atoms with Crippen LogP contribution in [0.5, 0.6) is 0 Å². The van der Waals surface area contributed by atoms with Crippen LogP contribution in [0.25, 0.3) is 10.9 Å². The molecule has 4 rings (SSSR count). The van der Waals surface area contributed by atoms with Crippen molar-refractivity contribution in [3.05, 3.63) is 39.0 Å². The van der Waals surface area contributed by atoms with Crippen molar-refractivity contribution in [2.45, 2.75) is 82.5 Å². The first-order valence-corrected chi connectivity index (χ1v) is 12.0. The van der Waals surface area contributed by atoms with Gasteiger partial charge in [-0.1, -0.05) is 0 Å². The van der Waals surface area contributed by atoms with Crippen LogP contribution in [0.3, 0.4) is 0 Å². The monoisotopic (exact) mass is 460 g/mol. The lowest BCUT2D eigenvalue weighted by Gasteiger charge is -2.20. The summed E-state index contributed by atoms with van der Waals surface area (Å²) in [5.41, 5.74) is -0.434. The Morgan fingerprint density at radius 3 is 2.56 bits per heavy atom. The molecular formula is C23H32N4O4S. The van der Waals surface area contributed by atoms with E-state index in [-0.39, 0.29) is 29.9 Å². The van der Waals surface area contributed by atoms with Crippen LogP contribution < -0.4 is 21.3 Å². The fourth-order valence-corrected chi connectivity index (χ4v) is 4.34. The molecule has 0 unspecified atom stereocenters. The summed E-state index contributed by atoms with van der Waals surface area (Å²) in [7, 11) is 0. The van der Waals surface area contributed by atoms with Gasteiger partial charge in [0.15, 0.2) is 0 Å². The van der Waals surface area contributed by atoms with Crippen LogP contribution in [-0.2, 0) is 17.8 Å². The van der Waals surface area contributed by atoms with Crippen LogP contribution in [0.4, 0.5) is 4.79 Å². The topological polar surface area (TPSA) is 94.4 Å². The van der Waals surface area contributed by atoms with Crippen LogP contribution in [0, 0.1) is 5.92 Å². The van der Waals surface area contributed by atoms with Crippen molar-refractivity contribution < 1.29 is 9.53 Å². The predicted molar refractivity (Wildman–Crippen MR) is 126 cm³/mol. The summed E-state index contributed by atoms with van der Waals surface area (Å²) in [4.78, 5) is 39.3. The quantitative estimate of drug-likeness (QED) is 0.588. The molecule has 0 bridgehead atoms. The summed E-state index contributed by atoms with van der Waals surface area (Å²) < 4.78 is 11.6. The molecule has 0 aliphatic heterocycles. The second-order valence-corrected chi connectivity index (χ2v) is 11.0. The van der Waals surface area contributed by atoms with E-state index in [4.69, 9.17) is 4.74 Å². The number of nitrogens with one attached hydrogen (secondary N) is 2. The van der Waals surface area contributed by atoms with Crippen molar-refractivity contribution in [3.8, 4) is 0 Å². The van der Waals surface area contributed by atoms with Crippen LogP contribution in [0.1, 0.15) is 53.4 Å². The first kappa shape index (κ1) is 22.9. The summed E-state index contributed by atoms with van der Waals surface area (Å²) in [5, 5.41) is 3.16. The first-order valence-electron chi connectivity index (χ1n) is 11.2. The number of benzene rings is 1. The molecule has 0 radical (unpaired) electrons. The Hall–Kier alpha value is -2.26. The maximum absolute atomic E-state index is 13.2. The summed E-state index contributed by atoms with van der Waals surface area (Å²) >= 11 is 1.52. The average Bonchev–Trinajstić information content (AvgIpc) is 3.63. The minimum Gasteiger partial charge on any atom is -0.444 e. The van der Waals surface area contributed by atoms with Crippen LogP contribution in [0.2, 0.25) is 0 Å². The van der Waals surface area contributed by atoms with Gasteiger partial charge in [0.1, 0.15) is 5.60 Å². The van der Waals surface area contributed by atoms with Gasteiger partial charge in [-0.15, -0.1) is 0 Å². The zero-order valence-corrected chi connectivity index (χ0v) is 20.0. The highest BCUT2D eigenvalue weighted by molar-refractivity contribution is 7.97. The molecule has 8 nitrogen and oxygen atoms in total. The van der Waals surface area contributed by atoms with Gasteiger partial charge in [-0.2, -0.15) is 0 Å². The maximum Gasteiger partial charge on any atom is 0.407 e. The molecule has 0 saturated heterocycles. The zero-order valence-electron chi connectivity index (χ0n) is 19.2. The van der Waals surface area contributed by atoms with Gasteiger partial charge in [-0.3, -0.25) is 18.7 Å². The van der Waals surface area contributed by atoms with Gasteiger partial charge in [-0.25, -0.2) is 9.59 Å². The normalized spacial score (nSPS) is 17.4. The molecule has 2 saturated carbocycles. The lowest BCUT2D eigenvalue weighted by Crippen LogP contribution is -2.43. The van der Waals surface area contributed by atoms with E-state index in [2.05, 4.69) is 17.0 Å². The second kappa shape index (κ2) is 8.59. The van der Waals surface area contributed by atoms with E-state index in [0.717, 1.165) is 30.6 Å². The standard InChI is InChI=1S/C23H32N4O4S/c1-22(2,3)31-20(29)24-11-12-26-19(28)17-13-16(32-25-23(4)9-10-23)7-8-18(17)27(21(26)30)14-15-5-6-15/h7-8,13,15,25H,5-6,9-12,14H2,1-4H3,(H,24,29). The third-order valence-corrected chi connectivity index (χ3v) is 6.84. The molecule has 0 atom stereocenters. The lowest BCUT2D eigenvalue weighted by atomic mass is 10.2. The Morgan fingerprint density at radius 2 is 1.94 bits per heavy atom. The highest BCUT2D eigenvalue weighted by atomic mass is 32.2. The smallest absolute Gasteiger partial charge is 0.407 e. The number of carbonyl (C=O) groups excluding carboxylic acids is 1. The summed E-state index contributed by atoms with van der Waals surface area (Å²) in [6.07, 6.45) is 3.92. The Bertz CT molecular complexity index is 1140. The van der Waals surface area contributed by atoms with Gasteiger partial charge in [-0.05, 0) is 89.4 Å². The molecule has 1 aromatic heterocycles. The second-order valence-electron chi connectivity index (χ2n) is 10.2. The maximum atomic E-state index is 13.2. The van der Waals surface area contributed by atoms with E-state index in [1.54, 1.807) is 25.3 Å². The van der Waals surface area contributed by atoms with Crippen molar-refractivity contribution in [3.63, 3.8) is 0 Å². The number of nitrogens with zero attached hydrogens (tertiary/aromatic N) is 2. The number of hydrogen-bond donors (Lipinski definition) is 2. The van der Waals surface area contributed by atoms with Gasteiger partial charge in [0.25, 0.3) is 5.56 Å². The van der Waals surface area contributed by atoms with Gasteiger partial charge in [0.2, 0.25) is 0 Å². The highest BCUT2D eigenvalue weighted by Crippen LogP contribution is 2.37. The summed E-state index contributed by atoms with van der Waals surface area (Å²) in [5.74, 6) is 0.479. The minimum atomic E-state index is -0.611. The zero-order chi connectivity index (χ0) is 23.1. The minimum absolute atomic E-state index is 0.0885. The largest absolute Gasteiger partial charge is 0.444 e. The third kappa shape index (κ3) is 5.56. The number of hydrogen-bond acceptors (Lipinski definition) is 6. The number of alkyl carbamates (subject to hydrolysis) is 1. The molecule has 0 spiro atoms. The van der Waals surface area contributed by atoms with Crippen LogP contribution >= 0.6 is 11.9 Å². The first-order chi connectivity index (χ1) is 15.0. The molecule has 2 fully saturated rings. The highest BCUT2D eigenvalue weighted by Gasteiger charge is 2.37. The van der Waals surface area contributed by atoms with E-state index in [1.165, 1.54) is 16.5 Å². The predicted octanol–water partition coefficient (Wildman–Crippen LogP) is 3.25. The fourth-order valence-electron chi connectivity index (χ4n) is 3.45. The van der Waals surface area contributed by atoms with Gasteiger partial charge >= 0.3 is 11.8 Å². The number of ether oxygens (including phenoxy) is 1. The summed E-state index contributed by atoms with van der Waals surface area (Å²) in [6, 6.07) is 5.70. The van der Waals surface area contributed by atoms with E-state index in [1.807, 2.05) is 18.2 Å². The van der Waals surface area contributed by atoms with Gasteiger partial charge in [0, 0.05) is 30.1 Å². The molecule has 9 heteroatoms. The Morgan fingerprint density at radius 1 is 1.22 bits per heavy atom. The summed E-state index contributed by atoms with van der Waals surface area (Å²) in [6.45, 7) is 8.36. The SMILES string of the molecule is CC1(NSc2ccc3c(c2)c(=O)n(CCNC(=O)OC(C)(C)C)c(=O)n3CC2CC2)CC1. The van der Waals surface area contributed by atoms with Crippen LogP contribution in [0.15, 0.2) is 32.7 Å². The molecule has 2 aliphatic rings. The number of carbonyl (C=O) groups is 1. The Labute approximate surface area is 191 Å². The lowest BCUT2D eigenvalue weighted by molar-refractivity contribution is 0.0525. The molecule has 2 aliphatic carbocycles. The molecule has 1 heterocycles. The number of rotatable bonds is 8. The van der Waals surface area contributed by atoms with Crippen molar-refractivity contribution in [2.24, 2.45) is 5.92 Å². The van der Waals surface area contributed by atoms with Crippen molar-refractivity contribution in [1.82, 2.24) is 19.2 Å². The molecule has 32 heavy (non-hydrogen) atoms. The number of fused-ring (bicyclic) bond motifs is 1. The van der Waals surface area contributed by atoms with E-state index >= 15 is 0 Å². The molecule has 2 N–H and O–H groups in total. The fraction of sp³-hybridized carbons (Fsp3) is 0.609. The molecule has 1 amide bonds. The van der Waals surface area contributed by atoms with E-state index in [9.17, 15) is 14.4 Å². The van der Waals surface area contributed by atoms with Crippen molar-refractivity contribution in [2.75, 3.05) is 6.54 Å². The molecule has 2 aromatic rings. The van der Waals surface area contributed by atoms with Crippen LogP contribution in [-0.4, -0.2) is 32.9 Å². The average molecular weight is 461 g/mol. The number of aromatic nitrogens is 2.